The number of aryl methyl sites for hydroxylation is 2. The fourth-order valence-electron chi connectivity index (χ4n) is 3.27. The third-order valence-electron chi connectivity index (χ3n) is 5.09. The molecule has 0 aromatic heterocycles. The first-order valence-electron chi connectivity index (χ1n) is 10.8. The van der Waals surface area contributed by atoms with Crippen molar-refractivity contribution in [3.8, 4) is 0 Å². The van der Waals surface area contributed by atoms with Crippen LogP contribution >= 0.6 is 0 Å². The monoisotopic (exact) mass is 412 g/mol. The molecule has 0 amide bonds. The van der Waals surface area contributed by atoms with Gasteiger partial charge in [-0.1, -0.05) is 84.9 Å². The maximum absolute atomic E-state index is 13.1. The average molecular weight is 413 g/mol. The molecule has 3 aromatic rings. The van der Waals surface area contributed by atoms with Crippen LogP contribution in [0.1, 0.15) is 47.6 Å². The fraction of sp³-hybridized carbons (Fsp3) is 0.214. The highest BCUT2D eigenvalue weighted by Gasteiger charge is 2.07. The summed E-state index contributed by atoms with van der Waals surface area (Å²) < 4.78 is 13.1. The number of rotatable bonds is 10. The van der Waals surface area contributed by atoms with Gasteiger partial charge in [0.15, 0.2) is 0 Å². The normalized spacial score (nSPS) is 12.8. The zero-order valence-electron chi connectivity index (χ0n) is 18.0. The van der Waals surface area contributed by atoms with Crippen molar-refractivity contribution in [3.63, 3.8) is 0 Å². The van der Waals surface area contributed by atoms with Gasteiger partial charge in [-0.05, 0) is 49.3 Å². The Hall–Kier alpha value is -3.33. The van der Waals surface area contributed by atoms with Gasteiger partial charge in [0.2, 0.25) is 0 Å². The van der Waals surface area contributed by atoms with Crippen molar-refractivity contribution >= 4 is 11.9 Å². The molecule has 0 aliphatic rings. The highest BCUT2D eigenvalue weighted by molar-refractivity contribution is 6.13. The van der Waals surface area contributed by atoms with Gasteiger partial charge in [-0.25, -0.2) is 4.39 Å². The molecule has 3 rings (SSSR count). The van der Waals surface area contributed by atoms with E-state index in [-0.39, 0.29) is 0 Å². The maximum Gasteiger partial charge on any atom is 0.100 e. The molecule has 0 saturated carbocycles. The van der Waals surface area contributed by atoms with Crippen molar-refractivity contribution < 1.29 is 4.39 Å². The van der Waals surface area contributed by atoms with Crippen LogP contribution in [-0.2, 0) is 12.8 Å². The van der Waals surface area contributed by atoms with Gasteiger partial charge in [0.25, 0.3) is 0 Å². The molecule has 0 saturated heterocycles. The lowest BCUT2D eigenvalue weighted by Crippen LogP contribution is -2.03. The molecule has 0 heterocycles. The Morgan fingerprint density at radius 2 is 1.48 bits per heavy atom. The lowest BCUT2D eigenvalue weighted by Gasteiger charge is -2.08. The number of allylic oxidation sites excluding steroid dienone is 1. The van der Waals surface area contributed by atoms with E-state index in [2.05, 4.69) is 41.0 Å². The van der Waals surface area contributed by atoms with E-state index >= 15 is 0 Å². The van der Waals surface area contributed by atoms with Crippen LogP contribution < -0.4 is 0 Å². The first kappa shape index (κ1) is 22.4. The second-order valence-corrected chi connectivity index (χ2v) is 7.64. The topological polar surface area (TPSA) is 24.7 Å². The predicted molar refractivity (Wildman–Crippen MR) is 130 cm³/mol. The van der Waals surface area contributed by atoms with Gasteiger partial charge >= 0.3 is 0 Å². The molecule has 1 atom stereocenters. The van der Waals surface area contributed by atoms with Crippen molar-refractivity contribution in [1.29, 1.82) is 0 Å². The van der Waals surface area contributed by atoms with Crippen molar-refractivity contribution in [2.24, 2.45) is 10.2 Å². The summed E-state index contributed by atoms with van der Waals surface area (Å²) in [4.78, 5) is 0. The molecule has 0 radical (unpaired) electrons. The predicted octanol–water partition coefficient (Wildman–Crippen LogP) is 6.97. The summed E-state index contributed by atoms with van der Waals surface area (Å²) in [6.07, 6.45) is 6.17. The summed E-state index contributed by atoms with van der Waals surface area (Å²) in [5, 5.41) is 8.91. The minimum absolute atomic E-state index is 0.537. The van der Waals surface area contributed by atoms with Gasteiger partial charge in [0.1, 0.15) is 5.71 Å². The average Bonchev–Trinajstić information content (AvgIpc) is 2.81. The van der Waals surface area contributed by atoms with E-state index in [1.165, 1.54) is 5.56 Å². The first-order valence-corrected chi connectivity index (χ1v) is 10.8. The Labute approximate surface area is 184 Å². The molecule has 2 nitrogen and oxygen atoms in total. The van der Waals surface area contributed by atoms with Crippen LogP contribution in [0.15, 0.2) is 102 Å². The molecule has 0 aliphatic carbocycles. The molecule has 0 spiro atoms. The van der Waals surface area contributed by atoms with Gasteiger partial charge in [0, 0.05) is 11.1 Å². The number of alkyl halides is 1. The van der Waals surface area contributed by atoms with Crippen LogP contribution in [0.25, 0.3) is 0 Å². The lowest BCUT2D eigenvalue weighted by atomic mass is 9.99. The molecule has 31 heavy (non-hydrogen) atoms. The zero-order chi connectivity index (χ0) is 21.9. The first-order chi connectivity index (χ1) is 15.2. The number of nitrogens with zero attached hydrogens (tertiary/aromatic N) is 2. The Bertz CT molecular complexity index is 1000. The summed E-state index contributed by atoms with van der Waals surface area (Å²) in [5.74, 6) is 0. The van der Waals surface area contributed by atoms with Crippen LogP contribution in [0.2, 0.25) is 0 Å². The minimum Gasteiger partial charge on any atom is -0.248 e. The Kier molecular flexibility index (Phi) is 8.48. The highest BCUT2D eigenvalue weighted by Crippen LogP contribution is 2.15. The smallest absolute Gasteiger partial charge is 0.100 e. The van der Waals surface area contributed by atoms with Crippen molar-refractivity contribution in [3.05, 3.63) is 119 Å². The summed E-state index contributed by atoms with van der Waals surface area (Å²) in [6.45, 7) is 5.37. The van der Waals surface area contributed by atoms with Gasteiger partial charge in [-0.2, -0.15) is 5.10 Å². The number of halogens is 1. The zero-order valence-corrected chi connectivity index (χ0v) is 18.0. The molecular weight excluding hydrogens is 383 g/mol. The van der Waals surface area contributed by atoms with Gasteiger partial charge in [-0.15, -0.1) is 11.7 Å². The summed E-state index contributed by atoms with van der Waals surface area (Å²) in [6, 6.07) is 26.5. The lowest BCUT2D eigenvalue weighted by molar-refractivity contribution is 0.341. The van der Waals surface area contributed by atoms with E-state index in [0.717, 1.165) is 47.2 Å². The molecular formula is C28H29FN2. The quantitative estimate of drug-likeness (QED) is 0.195. The van der Waals surface area contributed by atoms with Crippen LogP contribution in [0.3, 0.4) is 0 Å². The van der Waals surface area contributed by atoms with Crippen molar-refractivity contribution in [2.45, 2.75) is 38.8 Å². The second kappa shape index (κ2) is 11.8. The van der Waals surface area contributed by atoms with E-state index in [1.54, 1.807) is 13.1 Å². The minimum atomic E-state index is -0.786. The van der Waals surface area contributed by atoms with Crippen molar-refractivity contribution in [1.82, 2.24) is 0 Å². The van der Waals surface area contributed by atoms with Crippen LogP contribution in [0.5, 0.6) is 0 Å². The molecule has 3 heteroatoms. The summed E-state index contributed by atoms with van der Waals surface area (Å²) >= 11 is 0. The standard InChI is InChI=1S/C28H29FN2/c1-3-4-8-23-13-15-25(16-14-23)21-30-31-28(26-9-6-5-7-10-26)27-19-17-24(18-20-27)12-11-22(2)29/h3,5-7,9-10,13-22H,1,4,8,11-12H2,2H3. The van der Waals surface area contributed by atoms with E-state index in [1.807, 2.05) is 60.7 Å². The largest absolute Gasteiger partial charge is 0.248 e. The molecule has 0 aliphatic heterocycles. The molecule has 158 valence electrons. The molecule has 0 fully saturated rings. The van der Waals surface area contributed by atoms with Gasteiger partial charge < -0.3 is 0 Å². The van der Waals surface area contributed by atoms with Crippen LogP contribution in [-0.4, -0.2) is 18.1 Å². The Morgan fingerprint density at radius 3 is 2.13 bits per heavy atom. The number of benzene rings is 3. The van der Waals surface area contributed by atoms with E-state index in [0.29, 0.717) is 6.42 Å². The molecule has 0 N–H and O–H groups in total. The van der Waals surface area contributed by atoms with Gasteiger partial charge in [-0.3, -0.25) is 0 Å². The number of hydrogen-bond donors (Lipinski definition) is 0. The molecule has 1 unspecified atom stereocenters. The Balaban J connectivity index is 1.80. The highest BCUT2D eigenvalue weighted by atomic mass is 19.1. The van der Waals surface area contributed by atoms with E-state index in [4.69, 9.17) is 0 Å². The van der Waals surface area contributed by atoms with Crippen LogP contribution in [0.4, 0.5) is 4.39 Å². The number of hydrogen-bond acceptors (Lipinski definition) is 2. The Morgan fingerprint density at radius 1 is 0.871 bits per heavy atom. The summed E-state index contributed by atoms with van der Waals surface area (Å²) in [7, 11) is 0. The maximum atomic E-state index is 13.1. The molecule has 3 aromatic carbocycles. The van der Waals surface area contributed by atoms with Crippen LogP contribution in [0, 0.1) is 0 Å². The van der Waals surface area contributed by atoms with E-state index < -0.39 is 6.17 Å². The SMILES string of the molecule is C=CCCc1ccc(C=NN=C(c2ccccc2)c2ccc(CCC(C)F)cc2)cc1. The van der Waals surface area contributed by atoms with Gasteiger partial charge in [0.05, 0.1) is 12.4 Å². The second-order valence-electron chi connectivity index (χ2n) is 7.64. The fourth-order valence-corrected chi connectivity index (χ4v) is 3.27. The molecule has 0 bridgehead atoms. The van der Waals surface area contributed by atoms with Crippen molar-refractivity contribution in [2.75, 3.05) is 0 Å². The third kappa shape index (κ3) is 7.14. The summed E-state index contributed by atoms with van der Waals surface area (Å²) in [5.41, 5.74) is 6.22. The third-order valence-corrected chi connectivity index (χ3v) is 5.09. The van der Waals surface area contributed by atoms with E-state index in [9.17, 15) is 4.39 Å².